The van der Waals surface area contributed by atoms with E-state index in [1.54, 1.807) is 30.4 Å². The van der Waals surface area contributed by atoms with Crippen LogP contribution < -0.4 is 10.5 Å². The van der Waals surface area contributed by atoms with Crippen LogP contribution in [0, 0.1) is 12.7 Å². The molecule has 0 spiro atoms. The molecule has 4 heteroatoms. The molecule has 2 unspecified atom stereocenters. The minimum atomic E-state index is -0.227. The van der Waals surface area contributed by atoms with Crippen LogP contribution in [0.1, 0.15) is 24.2 Å². The van der Waals surface area contributed by atoms with E-state index in [4.69, 9.17) is 10.5 Å². The van der Waals surface area contributed by atoms with Gasteiger partial charge in [0, 0.05) is 11.6 Å². The lowest BCUT2D eigenvalue weighted by Gasteiger charge is -2.22. The third kappa shape index (κ3) is 2.89. The van der Waals surface area contributed by atoms with Gasteiger partial charge in [-0.25, -0.2) is 4.39 Å². The van der Waals surface area contributed by atoms with E-state index in [1.807, 2.05) is 23.8 Å². The first-order chi connectivity index (χ1) is 8.58. The number of halogens is 1. The summed E-state index contributed by atoms with van der Waals surface area (Å²) in [4.78, 5) is 0. The fraction of sp³-hybridized carbons (Fsp3) is 0.286. The van der Waals surface area contributed by atoms with E-state index in [0.29, 0.717) is 11.3 Å². The zero-order chi connectivity index (χ0) is 13.1. The molecule has 2 aromatic rings. The summed E-state index contributed by atoms with van der Waals surface area (Å²) < 4.78 is 19.1. The molecular weight excluding hydrogens is 249 g/mol. The molecule has 0 aliphatic rings. The first kappa shape index (κ1) is 13.1. The van der Waals surface area contributed by atoms with Gasteiger partial charge in [-0.2, -0.15) is 11.3 Å². The molecule has 1 heterocycles. The highest BCUT2D eigenvalue weighted by Gasteiger charge is 2.18. The van der Waals surface area contributed by atoms with Crippen LogP contribution in [-0.4, -0.2) is 6.04 Å². The van der Waals surface area contributed by atoms with E-state index in [2.05, 4.69) is 0 Å². The second-order valence-electron chi connectivity index (χ2n) is 4.37. The second kappa shape index (κ2) is 5.50. The van der Waals surface area contributed by atoms with E-state index < -0.39 is 0 Å². The lowest BCUT2D eigenvalue weighted by molar-refractivity contribution is 0.180. The van der Waals surface area contributed by atoms with Gasteiger partial charge in [-0.1, -0.05) is 0 Å². The standard InChI is InChI=1S/C14H16FNOS/c1-9-7-12(3-4-13(9)15)17-14(10(2)16)11-5-6-18-8-11/h3-8,10,14H,16H2,1-2H3. The minimum Gasteiger partial charge on any atom is -0.484 e. The molecule has 18 heavy (non-hydrogen) atoms. The van der Waals surface area contributed by atoms with E-state index in [1.165, 1.54) is 6.07 Å². The molecule has 2 nitrogen and oxygen atoms in total. The summed E-state index contributed by atoms with van der Waals surface area (Å²) >= 11 is 1.61. The molecule has 0 fully saturated rings. The Bertz CT molecular complexity index is 511. The van der Waals surface area contributed by atoms with Crippen LogP contribution in [0.3, 0.4) is 0 Å². The Balaban J connectivity index is 2.21. The number of rotatable bonds is 4. The maximum Gasteiger partial charge on any atom is 0.139 e. The Morgan fingerprint density at radius 3 is 2.67 bits per heavy atom. The van der Waals surface area contributed by atoms with E-state index in [9.17, 15) is 4.39 Å². The van der Waals surface area contributed by atoms with Crippen molar-refractivity contribution < 1.29 is 9.13 Å². The monoisotopic (exact) mass is 265 g/mol. The molecule has 0 aliphatic carbocycles. The molecule has 2 atom stereocenters. The van der Waals surface area contributed by atoms with Crippen LogP contribution in [0.2, 0.25) is 0 Å². The van der Waals surface area contributed by atoms with Crippen LogP contribution in [0.5, 0.6) is 5.75 Å². The number of nitrogens with two attached hydrogens (primary N) is 1. The van der Waals surface area contributed by atoms with Gasteiger partial charge in [0.15, 0.2) is 0 Å². The molecule has 0 bridgehead atoms. The minimum absolute atomic E-state index is 0.134. The van der Waals surface area contributed by atoms with Gasteiger partial charge in [-0.05, 0) is 54.4 Å². The van der Waals surface area contributed by atoms with Gasteiger partial charge in [-0.15, -0.1) is 0 Å². The van der Waals surface area contributed by atoms with Gasteiger partial charge < -0.3 is 10.5 Å². The van der Waals surface area contributed by atoms with Crippen molar-refractivity contribution in [2.24, 2.45) is 5.73 Å². The van der Waals surface area contributed by atoms with Gasteiger partial charge in [0.1, 0.15) is 17.7 Å². The summed E-state index contributed by atoms with van der Waals surface area (Å²) in [6.07, 6.45) is -0.207. The topological polar surface area (TPSA) is 35.2 Å². The number of benzene rings is 1. The fourth-order valence-corrected chi connectivity index (χ4v) is 2.44. The van der Waals surface area contributed by atoms with Crippen molar-refractivity contribution in [3.63, 3.8) is 0 Å². The molecule has 0 amide bonds. The molecule has 0 radical (unpaired) electrons. The fourth-order valence-electron chi connectivity index (χ4n) is 1.75. The summed E-state index contributed by atoms with van der Waals surface area (Å²) in [7, 11) is 0. The normalized spacial score (nSPS) is 14.2. The van der Waals surface area contributed by atoms with Gasteiger partial charge in [0.05, 0.1) is 0 Å². The van der Waals surface area contributed by atoms with Crippen LogP contribution in [0.4, 0.5) is 4.39 Å². The molecular formula is C14H16FNOS. The maximum atomic E-state index is 13.2. The summed E-state index contributed by atoms with van der Waals surface area (Å²) in [5, 5.41) is 4.01. The summed E-state index contributed by atoms with van der Waals surface area (Å²) in [6.45, 7) is 3.62. The van der Waals surface area contributed by atoms with Gasteiger partial charge >= 0.3 is 0 Å². The zero-order valence-corrected chi connectivity index (χ0v) is 11.2. The van der Waals surface area contributed by atoms with Gasteiger partial charge in [-0.3, -0.25) is 0 Å². The predicted molar refractivity (Wildman–Crippen MR) is 72.5 cm³/mol. The highest BCUT2D eigenvalue weighted by molar-refractivity contribution is 7.07. The number of hydrogen-bond acceptors (Lipinski definition) is 3. The largest absolute Gasteiger partial charge is 0.484 e. The van der Waals surface area contributed by atoms with E-state index in [0.717, 1.165) is 5.56 Å². The first-order valence-electron chi connectivity index (χ1n) is 5.78. The number of ether oxygens (including phenoxy) is 1. The number of thiophene rings is 1. The van der Waals surface area contributed by atoms with Gasteiger partial charge in [0.2, 0.25) is 0 Å². The van der Waals surface area contributed by atoms with Crippen molar-refractivity contribution in [1.29, 1.82) is 0 Å². The van der Waals surface area contributed by atoms with E-state index in [-0.39, 0.29) is 18.0 Å². The van der Waals surface area contributed by atoms with Crippen LogP contribution in [-0.2, 0) is 0 Å². The second-order valence-corrected chi connectivity index (χ2v) is 5.15. The van der Waals surface area contributed by atoms with Crippen molar-refractivity contribution in [3.8, 4) is 5.75 Å². The maximum absolute atomic E-state index is 13.2. The first-order valence-corrected chi connectivity index (χ1v) is 6.72. The van der Waals surface area contributed by atoms with Crippen LogP contribution in [0.15, 0.2) is 35.0 Å². The number of hydrogen-bond donors (Lipinski definition) is 1. The van der Waals surface area contributed by atoms with Crippen molar-refractivity contribution in [1.82, 2.24) is 0 Å². The third-order valence-electron chi connectivity index (χ3n) is 2.74. The molecule has 2 N–H and O–H groups in total. The molecule has 0 saturated carbocycles. The van der Waals surface area contributed by atoms with Gasteiger partial charge in [0.25, 0.3) is 0 Å². The summed E-state index contributed by atoms with van der Waals surface area (Å²) in [6, 6.07) is 6.59. The molecule has 0 aliphatic heterocycles. The van der Waals surface area contributed by atoms with Crippen molar-refractivity contribution in [2.45, 2.75) is 26.0 Å². The molecule has 2 rings (SSSR count). The van der Waals surface area contributed by atoms with Crippen LogP contribution >= 0.6 is 11.3 Å². The Hall–Kier alpha value is -1.39. The highest BCUT2D eigenvalue weighted by Crippen LogP contribution is 2.26. The Labute approximate surface area is 110 Å². The lowest BCUT2D eigenvalue weighted by Crippen LogP contribution is -2.28. The lowest BCUT2D eigenvalue weighted by atomic mass is 10.1. The molecule has 1 aromatic heterocycles. The summed E-state index contributed by atoms with van der Waals surface area (Å²) in [5.41, 5.74) is 7.57. The van der Waals surface area contributed by atoms with Crippen molar-refractivity contribution in [2.75, 3.05) is 0 Å². The average Bonchev–Trinajstić information content (AvgIpc) is 2.83. The Morgan fingerprint density at radius 2 is 2.11 bits per heavy atom. The highest BCUT2D eigenvalue weighted by atomic mass is 32.1. The van der Waals surface area contributed by atoms with E-state index >= 15 is 0 Å². The average molecular weight is 265 g/mol. The third-order valence-corrected chi connectivity index (χ3v) is 3.44. The Morgan fingerprint density at radius 1 is 1.33 bits per heavy atom. The molecule has 0 saturated heterocycles. The SMILES string of the molecule is Cc1cc(OC(c2ccsc2)C(C)N)ccc1F. The zero-order valence-electron chi connectivity index (χ0n) is 10.4. The Kier molecular flexibility index (Phi) is 3.99. The quantitative estimate of drug-likeness (QED) is 0.915. The van der Waals surface area contributed by atoms with Crippen molar-refractivity contribution in [3.05, 3.63) is 52.0 Å². The summed E-state index contributed by atoms with van der Waals surface area (Å²) in [5.74, 6) is 0.414. The van der Waals surface area contributed by atoms with Crippen molar-refractivity contribution >= 4 is 11.3 Å². The predicted octanol–water partition coefficient (Wildman–Crippen LogP) is 3.66. The number of aryl methyl sites for hydroxylation is 1. The molecule has 96 valence electrons. The smallest absolute Gasteiger partial charge is 0.139 e. The molecule has 1 aromatic carbocycles. The van der Waals surface area contributed by atoms with Crippen LogP contribution in [0.25, 0.3) is 0 Å².